The number of hydrogen-bond acceptors (Lipinski definition) is 1. The van der Waals surface area contributed by atoms with Gasteiger partial charge in [0.05, 0.1) is 0 Å². The van der Waals surface area contributed by atoms with Gasteiger partial charge in [0.1, 0.15) is 0 Å². The van der Waals surface area contributed by atoms with E-state index in [0.717, 1.165) is 11.1 Å². The zero-order chi connectivity index (χ0) is 11.7. The van der Waals surface area contributed by atoms with Crippen LogP contribution in [-0.4, -0.2) is 4.98 Å². The van der Waals surface area contributed by atoms with Crippen molar-refractivity contribution < 1.29 is 20.1 Å². The van der Waals surface area contributed by atoms with Gasteiger partial charge >= 0.3 is 0 Å². The number of nitrogens with zero attached hydrogens (tertiary/aromatic N) is 1. The van der Waals surface area contributed by atoms with Gasteiger partial charge in [0.25, 0.3) is 0 Å². The fourth-order valence-corrected chi connectivity index (χ4v) is 2.14. The van der Waals surface area contributed by atoms with Gasteiger partial charge < -0.3 is 0 Å². The molecule has 2 aromatic carbocycles. The largest absolute Gasteiger partial charge is 0.266 e. The summed E-state index contributed by atoms with van der Waals surface area (Å²) in [5.41, 5.74) is 3.43. The van der Waals surface area contributed by atoms with E-state index in [2.05, 4.69) is 36.2 Å². The summed E-state index contributed by atoms with van der Waals surface area (Å²) in [6, 6.07) is 19.7. The van der Waals surface area contributed by atoms with Crippen LogP contribution in [0, 0.1) is 13.0 Å². The Labute approximate surface area is 120 Å². The van der Waals surface area contributed by atoms with E-state index in [1.54, 1.807) is 0 Å². The zero-order valence-electron chi connectivity index (χ0n) is 9.98. The third-order valence-electron chi connectivity index (χ3n) is 2.97. The summed E-state index contributed by atoms with van der Waals surface area (Å²) in [4.78, 5) is 4.44. The van der Waals surface area contributed by atoms with Crippen LogP contribution in [0.4, 0.5) is 0 Å². The molecule has 1 nitrogen and oxygen atoms in total. The first-order chi connectivity index (χ1) is 8.36. The molecule has 0 atom stereocenters. The fraction of sp³-hybridized carbons (Fsp3) is 0.0625. The van der Waals surface area contributed by atoms with Crippen molar-refractivity contribution in [2.24, 2.45) is 0 Å². The summed E-state index contributed by atoms with van der Waals surface area (Å²) >= 11 is 0. The molecule has 0 amide bonds. The molecule has 0 aliphatic carbocycles. The number of hydrogen-bond donors (Lipinski definition) is 0. The molecule has 3 rings (SSSR count). The van der Waals surface area contributed by atoms with Crippen LogP contribution in [0.25, 0.3) is 22.0 Å². The van der Waals surface area contributed by atoms with Gasteiger partial charge in [-0.2, -0.15) is 0 Å². The van der Waals surface area contributed by atoms with Crippen LogP contribution >= 0.6 is 0 Å². The molecular weight excluding hydrogens is 398 g/mol. The summed E-state index contributed by atoms with van der Waals surface area (Å²) in [6.07, 6.45) is 1.83. The van der Waals surface area contributed by atoms with Gasteiger partial charge in [-0.05, 0) is 19.1 Å². The van der Waals surface area contributed by atoms with Crippen LogP contribution in [0.2, 0.25) is 0 Å². The Balaban J connectivity index is 0.00000120. The quantitative estimate of drug-likeness (QED) is 0.553. The van der Waals surface area contributed by atoms with Gasteiger partial charge in [-0.15, -0.1) is 35.0 Å². The summed E-state index contributed by atoms with van der Waals surface area (Å²) in [5, 5.41) is 2.35. The first-order valence-electron chi connectivity index (χ1n) is 5.68. The van der Waals surface area contributed by atoms with E-state index in [0.29, 0.717) is 0 Å². The molecule has 91 valence electrons. The van der Waals surface area contributed by atoms with Crippen LogP contribution in [-0.2, 0) is 20.1 Å². The Kier molecular flexibility index (Phi) is 3.90. The molecule has 1 radical (unpaired) electrons. The van der Waals surface area contributed by atoms with Crippen LogP contribution in [0.1, 0.15) is 5.56 Å². The van der Waals surface area contributed by atoms with Crippen molar-refractivity contribution in [3.63, 3.8) is 0 Å². The number of fused-ring (bicyclic) bond motifs is 1. The molecule has 0 saturated heterocycles. The van der Waals surface area contributed by atoms with Crippen molar-refractivity contribution in [3.8, 4) is 11.3 Å². The molecule has 1 aromatic heterocycles. The van der Waals surface area contributed by atoms with Crippen molar-refractivity contribution in [3.05, 3.63) is 66.4 Å². The molecule has 0 spiro atoms. The molecule has 18 heavy (non-hydrogen) atoms. The third-order valence-corrected chi connectivity index (χ3v) is 2.97. The van der Waals surface area contributed by atoms with Crippen LogP contribution < -0.4 is 0 Å². The van der Waals surface area contributed by atoms with Crippen molar-refractivity contribution in [1.82, 2.24) is 4.98 Å². The summed E-state index contributed by atoms with van der Waals surface area (Å²) in [6.45, 7) is 2.12. The van der Waals surface area contributed by atoms with Gasteiger partial charge in [-0.3, -0.25) is 4.98 Å². The maximum atomic E-state index is 4.44. The second-order valence-corrected chi connectivity index (χ2v) is 4.11. The minimum absolute atomic E-state index is 0. The monoisotopic (exact) mass is 411 g/mol. The first kappa shape index (κ1) is 12.9. The Morgan fingerprint density at radius 2 is 1.89 bits per heavy atom. The summed E-state index contributed by atoms with van der Waals surface area (Å²) in [7, 11) is 0. The van der Waals surface area contributed by atoms with Crippen molar-refractivity contribution >= 4 is 10.8 Å². The third kappa shape index (κ3) is 2.22. The van der Waals surface area contributed by atoms with Gasteiger partial charge in [0.2, 0.25) is 0 Å². The number of pyridine rings is 1. The zero-order valence-corrected chi connectivity index (χ0v) is 12.4. The molecule has 1 heterocycles. The normalized spacial score (nSPS) is 10.1. The molecule has 0 aliphatic heterocycles. The van der Waals surface area contributed by atoms with Gasteiger partial charge in [-0.25, -0.2) is 0 Å². The van der Waals surface area contributed by atoms with E-state index in [4.69, 9.17) is 0 Å². The molecule has 0 bridgehead atoms. The molecule has 3 aromatic rings. The topological polar surface area (TPSA) is 12.9 Å². The summed E-state index contributed by atoms with van der Waals surface area (Å²) in [5.74, 6) is 0. The molecule has 0 fully saturated rings. The van der Waals surface area contributed by atoms with E-state index < -0.39 is 0 Å². The van der Waals surface area contributed by atoms with E-state index in [-0.39, 0.29) is 20.1 Å². The Morgan fingerprint density at radius 1 is 1.00 bits per heavy atom. The van der Waals surface area contributed by atoms with E-state index in [1.807, 2.05) is 36.5 Å². The van der Waals surface area contributed by atoms with E-state index in [9.17, 15) is 0 Å². The second kappa shape index (κ2) is 5.43. The molecule has 0 saturated carbocycles. The minimum Gasteiger partial charge on any atom is -0.266 e. The van der Waals surface area contributed by atoms with Crippen LogP contribution in [0.5, 0.6) is 0 Å². The number of aromatic nitrogens is 1. The van der Waals surface area contributed by atoms with Crippen molar-refractivity contribution in [2.75, 3.05) is 0 Å². The Hall–Kier alpha value is -1.50. The maximum Gasteiger partial charge on any atom is 0.0297 e. The number of aryl methyl sites for hydroxylation is 1. The predicted octanol–water partition coefficient (Wildman–Crippen LogP) is 4.01. The predicted molar refractivity (Wildman–Crippen MR) is 70.8 cm³/mol. The van der Waals surface area contributed by atoms with Crippen molar-refractivity contribution in [2.45, 2.75) is 6.92 Å². The SMILES string of the molecule is Cc1ccc2ccc[c-]c2c1-c1ccccn1.[Ir]. The fourth-order valence-electron chi connectivity index (χ4n) is 2.14. The van der Waals surface area contributed by atoms with Crippen LogP contribution in [0.15, 0.2) is 54.7 Å². The van der Waals surface area contributed by atoms with Gasteiger partial charge in [0, 0.05) is 32.0 Å². The van der Waals surface area contributed by atoms with Gasteiger partial charge in [-0.1, -0.05) is 29.3 Å². The van der Waals surface area contributed by atoms with Crippen molar-refractivity contribution in [1.29, 1.82) is 0 Å². The Morgan fingerprint density at radius 3 is 2.67 bits per heavy atom. The standard InChI is InChI=1S/C16H12N.Ir/c1-12-9-10-13-6-2-3-7-14(13)16(12)15-8-4-5-11-17-15;/h2-6,8-11H,1H3;/q-1;. The van der Waals surface area contributed by atoms with E-state index in [1.165, 1.54) is 16.5 Å². The average molecular weight is 410 g/mol. The molecular formula is C16H12IrN-. The maximum absolute atomic E-state index is 4.44. The smallest absolute Gasteiger partial charge is 0.0297 e. The van der Waals surface area contributed by atoms with E-state index >= 15 is 0 Å². The van der Waals surface area contributed by atoms with Gasteiger partial charge in [0.15, 0.2) is 0 Å². The minimum atomic E-state index is 0. The Bertz CT molecular complexity index is 662. The van der Waals surface area contributed by atoms with Crippen LogP contribution in [0.3, 0.4) is 0 Å². The molecule has 0 unspecified atom stereocenters. The second-order valence-electron chi connectivity index (χ2n) is 4.11. The summed E-state index contributed by atoms with van der Waals surface area (Å²) < 4.78 is 0. The number of benzene rings is 2. The number of rotatable bonds is 1. The molecule has 2 heteroatoms. The average Bonchev–Trinajstić information content (AvgIpc) is 2.39. The molecule has 0 aliphatic rings. The molecule has 0 N–H and O–H groups in total. The first-order valence-corrected chi connectivity index (χ1v) is 5.68.